The predicted molar refractivity (Wildman–Crippen MR) is 86.3 cm³/mol. The van der Waals surface area contributed by atoms with Crippen LogP contribution in [0.4, 0.5) is 0 Å². The highest BCUT2D eigenvalue weighted by Gasteiger charge is 2.16. The van der Waals surface area contributed by atoms with E-state index in [0.717, 1.165) is 25.7 Å². The van der Waals surface area contributed by atoms with E-state index in [2.05, 4.69) is 46.3 Å². The van der Waals surface area contributed by atoms with Gasteiger partial charge in [0.05, 0.1) is 0 Å². The standard InChI is InChI=1S/C18H19BrO/c19-17-8-4-1-5-14(17)10-9-13-11-12-18(20)16-7-3-2-6-15(13)16/h1,4-5,8,11-12,20H,2-3,6-7,9-10H2. The number of aromatic hydroxyl groups is 1. The molecule has 104 valence electrons. The molecule has 1 aliphatic carbocycles. The SMILES string of the molecule is Oc1ccc(CCc2ccccc2Br)c2c1CCCC2. The molecular formula is C18H19BrO. The fourth-order valence-electron chi connectivity index (χ4n) is 3.13. The third-order valence-electron chi connectivity index (χ3n) is 4.23. The second-order valence-electron chi connectivity index (χ2n) is 5.50. The van der Waals surface area contributed by atoms with Crippen LogP contribution in [-0.2, 0) is 25.7 Å². The number of aryl methyl sites for hydroxylation is 2. The Morgan fingerprint density at radius 1 is 0.850 bits per heavy atom. The summed E-state index contributed by atoms with van der Waals surface area (Å²) in [4.78, 5) is 0. The lowest BCUT2D eigenvalue weighted by molar-refractivity contribution is 0.461. The molecule has 0 atom stereocenters. The second-order valence-corrected chi connectivity index (χ2v) is 6.35. The summed E-state index contributed by atoms with van der Waals surface area (Å²) in [5, 5.41) is 10.0. The Morgan fingerprint density at radius 2 is 1.55 bits per heavy atom. The number of hydrogen-bond acceptors (Lipinski definition) is 1. The lowest BCUT2D eigenvalue weighted by Gasteiger charge is -2.20. The first kappa shape index (κ1) is 13.7. The maximum absolute atomic E-state index is 10.0. The van der Waals surface area contributed by atoms with Crippen LogP contribution in [0.25, 0.3) is 0 Å². The van der Waals surface area contributed by atoms with Crippen LogP contribution in [0.1, 0.15) is 35.1 Å². The molecule has 0 heterocycles. The molecule has 0 aliphatic heterocycles. The maximum atomic E-state index is 10.0. The molecule has 0 unspecified atom stereocenters. The highest BCUT2D eigenvalue weighted by Crippen LogP contribution is 2.32. The van der Waals surface area contributed by atoms with Gasteiger partial charge in [-0.15, -0.1) is 0 Å². The average Bonchev–Trinajstić information content (AvgIpc) is 2.48. The fraction of sp³-hybridized carbons (Fsp3) is 0.333. The van der Waals surface area contributed by atoms with Gasteiger partial charge in [0, 0.05) is 4.47 Å². The Labute approximate surface area is 128 Å². The molecule has 0 amide bonds. The molecule has 20 heavy (non-hydrogen) atoms. The molecular weight excluding hydrogens is 312 g/mol. The minimum absolute atomic E-state index is 0.490. The number of benzene rings is 2. The maximum Gasteiger partial charge on any atom is 0.119 e. The Bertz CT molecular complexity index is 619. The van der Waals surface area contributed by atoms with E-state index in [1.807, 2.05) is 6.07 Å². The molecule has 1 N–H and O–H groups in total. The van der Waals surface area contributed by atoms with Crippen LogP contribution in [0.15, 0.2) is 40.9 Å². The normalized spacial score (nSPS) is 14.1. The van der Waals surface area contributed by atoms with E-state index in [9.17, 15) is 5.11 Å². The zero-order valence-electron chi connectivity index (χ0n) is 11.5. The highest BCUT2D eigenvalue weighted by atomic mass is 79.9. The average molecular weight is 331 g/mol. The summed E-state index contributed by atoms with van der Waals surface area (Å²) in [6.07, 6.45) is 6.69. The van der Waals surface area contributed by atoms with E-state index in [-0.39, 0.29) is 0 Å². The summed E-state index contributed by atoms with van der Waals surface area (Å²) < 4.78 is 1.19. The summed E-state index contributed by atoms with van der Waals surface area (Å²) in [6.45, 7) is 0. The van der Waals surface area contributed by atoms with Crippen LogP contribution in [0.5, 0.6) is 5.75 Å². The molecule has 0 spiro atoms. The lowest BCUT2D eigenvalue weighted by Crippen LogP contribution is -2.07. The van der Waals surface area contributed by atoms with Gasteiger partial charge in [-0.25, -0.2) is 0 Å². The molecule has 2 aromatic carbocycles. The van der Waals surface area contributed by atoms with Crippen molar-refractivity contribution in [3.63, 3.8) is 0 Å². The number of fused-ring (bicyclic) bond motifs is 1. The van der Waals surface area contributed by atoms with E-state index in [4.69, 9.17) is 0 Å². The Balaban J connectivity index is 1.83. The summed E-state index contributed by atoms with van der Waals surface area (Å²) >= 11 is 3.62. The van der Waals surface area contributed by atoms with Crippen LogP contribution in [0.2, 0.25) is 0 Å². The van der Waals surface area contributed by atoms with Gasteiger partial charge >= 0.3 is 0 Å². The minimum atomic E-state index is 0.490. The molecule has 3 rings (SSSR count). The number of hydrogen-bond donors (Lipinski definition) is 1. The third kappa shape index (κ3) is 2.76. The van der Waals surface area contributed by atoms with Crippen molar-refractivity contribution in [1.29, 1.82) is 0 Å². The molecule has 1 nitrogen and oxygen atoms in total. The first-order chi connectivity index (χ1) is 9.75. The molecule has 0 saturated heterocycles. The van der Waals surface area contributed by atoms with Crippen molar-refractivity contribution in [3.05, 3.63) is 63.1 Å². The van der Waals surface area contributed by atoms with Crippen molar-refractivity contribution < 1.29 is 5.11 Å². The van der Waals surface area contributed by atoms with Crippen LogP contribution >= 0.6 is 15.9 Å². The minimum Gasteiger partial charge on any atom is -0.508 e. The van der Waals surface area contributed by atoms with E-state index >= 15 is 0 Å². The number of phenolic OH excluding ortho intramolecular Hbond substituents is 1. The Kier molecular flexibility index (Phi) is 4.11. The lowest BCUT2D eigenvalue weighted by atomic mass is 9.86. The van der Waals surface area contributed by atoms with Gasteiger partial charge in [-0.05, 0) is 72.9 Å². The fourth-order valence-corrected chi connectivity index (χ4v) is 3.61. The smallest absolute Gasteiger partial charge is 0.119 e. The summed E-state index contributed by atoms with van der Waals surface area (Å²) in [5.74, 6) is 0.490. The molecule has 0 fully saturated rings. The van der Waals surface area contributed by atoms with Gasteiger partial charge in [0.1, 0.15) is 5.75 Å². The van der Waals surface area contributed by atoms with Crippen LogP contribution in [-0.4, -0.2) is 5.11 Å². The van der Waals surface area contributed by atoms with Gasteiger partial charge in [0.25, 0.3) is 0 Å². The number of phenols is 1. The molecule has 0 radical (unpaired) electrons. The van der Waals surface area contributed by atoms with Crippen molar-refractivity contribution >= 4 is 15.9 Å². The van der Waals surface area contributed by atoms with Crippen LogP contribution in [0, 0.1) is 0 Å². The van der Waals surface area contributed by atoms with Crippen molar-refractivity contribution in [2.45, 2.75) is 38.5 Å². The quantitative estimate of drug-likeness (QED) is 0.855. The van der Waals surface area contributed by atoms with Gasteiger partial charge in [0.15, 0.2) is 0 Å². The van der Waals surface area contributed by atoms with Gasteiger partial charge in [-0.1, -0.05) is 40.2 Å². The monoisotopic (exact) mass is 330 g/mol. The molecule has 0 saturated carbocycles. The Morgan fingerprint density at radius 3 is 2.35 bits per heavy atom. The number of rotatable bonds is 3. The van der Waals surface area contributed by atoms with Crippen molar-refractivity contribution in [2.24, 2.45) is 0 Å². The summed E-state index contributed by atoms with van der Waals surface area (Å²) in [5.41, 5.74) is 5.36. The highest BCUT2D eigenvalue weighted by molar-refractivity contribution is 9.10. The van der Waals surface area contributed by atoms with Gasteiger partial charge < -0.3 is 5.11 Å². The van der Waals surface area contributed by atoms with Crippen molar-refractivity contribution in [1.82, 2.24) is 0 Å². The summed E-state index contributed by atoms with van der Waals surface area (Å²) in [7, 11) is 0. The van der Waals surface area contributed by atoms with Gasteiger partial charge in [-0.2, -0.15) is 0 Å². The van der Waals surface area contributed by atoms with E-state index in [1.165, 1.54) is 39.6 Å². The Hall–Kier alpha value is -1.28. The van der Waals surface area contributed by atoms with Crippen molar-refractivity contribution in [3.8, 4) is 5.75 Å². The number of halogens is 1. The van der Waals surface area contributed by atoms with E-state index in [1.54, 1.807) is 0 Å². The molecule has 0 aromatic heterocycles. The van der Waals surface area contributed by atoms with E-state index in [0.29, 0.717) is 5.75 Å². The van der Waals surface area contributed by atoms with Gasteiger partial charge in [-0.3, -0.25) is 0 Å². The van der Waals surface area contributed by atoms with Gasteiger partial charge in [0.2, 0.25) is 0 Å². The van der Waals surface area contributed by atoms with Crippen molar-refractivity contribution in [2.75, 3.05) is 0 Å². The topological polar surface area (TPSA) is 20.2 Å². The molecule has 0 bridgehead atoms. The summed E-state index contributed by atoms with van der Waals surface area (Å²) in [6, 6.07) is 12.4. The zero-order valence-corrected chi connectivity index (χ0v) is 13.1. The zero-order chi connectivity index (χ0) is 13.9. The molecule has 2 aromatic rings. The van der Waals surface area contributed by atoms with E-state index < -0.39 is 0 Å². The first-order valence-corrected chi connectivity index (χ1v) is 8.11. The third-order valence-corrected chi connectivity index (χ3v) is 5.00. The molecule has 2 heteroatoms. The van der Waals surface area contributed by atoms with Crippen LogP contribution in [0.3, 0.4) is 0 Å². The first-order valence-electron chi connectivity index (χ1n) is 7.31. The predicted octanol–water partition coefficient (Wildman–Crippen LogP) is 4.82. The van der Waals surface area contributed by atoms with Crippen LogP contribution < -0.4 is 0 Å². The molecule has 1 aliphatic rings. The largest absolute Gasteiger partial charge is 0.508 e. The second kappa shape index (κ2) is 6.01.